The minimum absolute atomic E-state index is 0.0661. The second kappa shape index (κ2) is 7.85. The largest absolute Gasteiger partial charge is 0.480 e. The molecule has 3 N–H and O–H groups in total. The fourth-order valence-electron chi connectivity index (χ4n) is 2.54. The van der Waals surface area contributed by atoms with Crippen molar-refractivity contribution in [2.45, 2.75) is 51.5 Å². The Balaban J connectivity index is 2.42. The van der Waals surface area contributed by atoms with Crippen LogP contribution in [-0.4, -0.2) is 42.8 Å². The van der Waals surface area contributed by atoms with Gasteiger partial charge in [-0.05, 0) is 18.3 Å². The molecule has 1 fully saturated rings. The van der Waals surface area contributed by atoms with Crippen LogP contribution in [0, 0.1) is 5.41 Å². The molecule has 0 bridgehead atoms. The Morgan fingerprint density at radius 3 is 2.38 bits per heavy atom. The number of ether oxygens (including phenoxy) is 1. The van der Waals surface area contributed by atoms with Crippen molar-refractivity contribution in [1.29, 1.82) is 0 Å². The quantitative estimate of drug-likeness (QED) is 0.641. The van der Waals surface area contributed by atoms with Crippen molar-refractivity contribution in [2.24, 2.45) is 5.41 Å². The van der Waals surface area contributed by atoms with Gasteiger partial charge in [0.15, 0.2) is 0 Å². The van der Waals surface area contributed by atoms with Crippen molar-refractivity contribution >= 4 is 18.0 Å². The van der Waals surface area contributed by atoms with Gasteiger partial charge in [0.2, 0.25) is 0 Å². The number of hydrogen-bond acceptors (Lipinski definition) is 4. The molecule has 120 valence electrons. The highest BCUT2D eigenvalue weighted by atomic mass is 16.5. The third-order valence-corrected chi connectivity index (χ3v) is 3.94. The molecule has 7 heteroatoms. The zero-order chi connectivity index (χ0) is 15.9. The standard InChI is InChI=1S/C14H24N2O5/c1-14(6-4-3-5-7-14)9-15-13(20)16-10(12(18)19)8-11(17)21-2/h10H,3-9H2,1-2H3,(H,18,19)(H2,15,16,20)/t10-/m0/s1. The van der Waals surface area contributed by atoms with E-state index < -0.39 is 30.4 Å². The van der Waals surface area contributed by atoms with Gasteiger partial charge in [-0.15, -0.1) is 0 Å². The van der Waals surface area contributed by atoms with Crippen LogP contribution in [0.1, 0.15) is 45.4 Å². The number of carbonyl (C=O) groups is 3. The van der Waals surface area contributed by atoms with Crippen LogP contribution in [0.15, 0.2) is 0 Å². The van der Waals surface area contributed by atoms with Gasteiger partial charge in [0.1, 0.15) is 6.04 Å². The lowest BCUT2D eigenvalue weighted by Gasteiger charge is -2.33. The van der Waals surface area contributed by atoms with E-state index in [0.29, 0.717) is 6.54 Å². The lowest BCUT2D eigenvalue weighted by molar-refractivity contribution is -0.147. The summed E-state index contributed by atoms with van der Waals surface area (Å²) in [5.74, 6) is -1.94. The summed E-state index contributed by atoms with van der Waals surface area (Å²) < 4.78 is 4.41. The van der Waals surface area contributed by atoms with Gasteiger partial charge in [0.25, 0.3) is 0 Å². The number of esters is 1. The lowest BCUT2D eigenvalue weighted by Crippen LogP contribution is -2.49. The number of amides is 2. The van der Waals surface area contributed by atoms with Gasteiger partial charge in [0, 0.05) is 6.54 Å². The van der Waals surface area contributed by atoms with E-state index in [0.717, 1.165) is 25.7 Å². The smallest absolute Gasteiger partial charge is 0.326 e. The Kier molecular flexibility index (Phi) is 6.45. The molecule has 0 aromatic heterocycles. The van der Waals surface area contributed by atoms with Crippen molar-refractivity contribution < 1.29 is 24.2 Å². The summed E-state index contributed by atoms with van der Waals surface area (Å²) >= 11 is 0. The first-order valence-electron chi connectivity index (χ1n) is 7.20. The maximum absolute atomic E-state index is 11.8. The minimum Gasteiger partial charge on any atom is -0.480 e. The summed E-state index contributed by atoms with van der Waals surface area (Å²) in [6, 6.07) is -1.85. The molecule has 1 aliphatic rings. The molecule has 0 radical (unpaired) electrons. The van der Waals surface area contributed by atoms with Crippen molar-refractivity contribution in [3.05, 3.63) is 0 Å². The molecule has 1 aliphatic carbocycles. The van der Waals surface area contributed by atoms with Gasteiger partial charge in [0.05, 0.1) is 13.5 Å². The Bertz CT molecular complexity index is 391. The van der Waals surface area contributed by atoms with Crippen LogP contribution in [-0.2, 0) is 14.3 Å². The number of urea groups is 1. The highest BCUT2D eigenvalue weighted by molar-refractivity contribution is 5.86. The Labute approximate surface area is 124 Å². The fraction of sp³-hybridized carbons (Fsp3) is 0.786. The number of aliphatic carboxylic acids is 1. The molecule has 2 amide bonds. The first kappa shape index (κ1) is 17.3. The van der Waals surface area contributed by atoms with E-state index in [-0.39, 0.29) is 5.41 Å². The number of hydrogen-bond donors (Lipinski definition) is 3. The number of methoxy groups -OCH3 is 1. The average molecular weight is 300 g/mol. The molecule has 7 nitrogen and oxygen atoms in total. The number of nitrogens with one attached hydrogen (secondary N) is 2. The van der Waals surface area contributed by atoms with Gasteiger partial charge >= 0.3 is 18.0 Å². The van der Waals surface area contributed by atoms with Gasteiger partial charge in [-0.25, -0.2) is 9.59 Å². The number of carboxylic acids is 1. The van der Waals surface area contributed by atoms with Gasteiger partial charge in [-0.1, -0.05) is 26.2 Å². The molecular formula is C14H24N2O5. The van der Waals surface area contributed by atoms with E-state index in [2.05, 4.69) is 22.3 Å². The Morgan fingerprint density at radius 1 is 1.24 bits per heavy atom. The van der Waals surface area contributed by atoms with Crippen molar-refractivity contribution in [2.75, 3.05) is 13.7 Å². The van der Waals surface area contributed by atoms with Crippen LogP contribution >= 0.6 is 0 Å². The summed E-state index contributed by atoms with van der Waals surface area (Å²) in [6.07, 6.45) is 5.24. The molecule has 0 aromatic rings. The molecule has 1 saturated carbocycles. The Hall–Kier alpha value is -1.79. The van der Waals surface area contributed by atoms with Gasteiger partial charge < -0.3 is 20.5 Å². The van der Waals surface area contributed by atoms with Crippen LogP contribution in [0.3, 0.4) is 0 Å². The van der Waals surface area contributed by atoms with Crippen molar-refractivity contribution in [1.82, 2.24) is 10.6 Å². The van der Waals surface area contributed by atoms with Crippen LogP contribution in [0.25, 0.3) is 0 Å². The number of carboxylic acid groups (broad SMARTS) is 1. The second-order valence-corrected chi connectivity index (χ2v) is 5.87. The molecule has 0 aromatic carbocycles. The fourth-order valence-corrected chi connectivity index (χ4v) is 2.54. The van der Waals surface area contributed by atoms with Crippen LogP contribution in [0.4, 0.5) is 4.79 Å². The third-order valence-electron chi connectivity index (χ3n) is 3.94. The summed E-state index contributed by atoms with van der Waals surface area (Å²) in [7, 11) is 1.17. The molecule has 1 atom stereocenters. The SMILES string of the molecule is COC(=O)C[C@H](NC(=O)NCC1(C)CCCCC1)C(=O)O. The average Bonchev–Trinajstić information content (AvgIpc) is 2.45. The van der Waals surface area contributed by atoms with E-state index in [1.165, 1.54) is 13.5 Å². The lowest BCUT2D eigenvalue weighted by atomic mass is 9.76. The molecule has 0 saturated heterocycles. The zero-order valence-corrected chi connectivity index (χ0v) is 12.6. The van der Waals surface area contributed by atoms with Crippen molar-refractivity contribution in [3.63, 3.8) is 0 Å². The van der Waals surface area contributed by atoms with Gasteiger partial charge in [-0.2, -0.15) is 0 Å². The summed E-state index contributed by atoms with van der Waals surface area (Å²) in [4.78, 5) is 33.9. The number of carbonyl (C=O) groups excluding carboxylic acids is 2. The molecule has 1 rings (SSSR count). The third kappa shape index (κ3) is 6.01. The first-order chi connectivity index (χ1) is 9.86. The summed E-state index contributed by atoms with van der Waals surface area (Å²) in [5, 5.41) is 14.0. The predicted molar refractivity (Wildman–Crippen MR) is 75.8 cm³/mol. The maximum atomic E-state index is 11.8. The molecule has 0 unspecified atom stereocenters. The topological polar surface area (TPSA) is 105 Å². The highest BCUT2D eigenvalue weighted by Crippen LogP contribution is 2.34. The highest BCUT2D eigenvalue weighted by Gasteiger charge is 2.28. The molecule has 0 heterocycles. The molecular weight excluding hydrogens is 276 g/mol. The first-order valence-corrected chi connectivity index (χ1v) is 7.20. The predicted octanol–water partition coefficient (Wildman–Crippen LogP) is 1.27. The van der Waals surface area contributed by atoms with E-state index in [1.54, 1.807) is 0 Å². The normalized spacial score (nSPS) is 18.4. The molecule has 0 spiro atoms. The number of rotatable bonds is 6. The van der Waals surface area contributed by atoms with Crippen LogP contribution in [0.2, 0.25) is 0 Å². The maximum Gasteiger partial charge on any atom is 0.326 e. The van der Waals surface area contributed by atoms with E-state index in [4.69, 9.17) is 5.11 Å². The monoisotopic (exact) mass is 300 g/mol. The van der Waals surface area contributed by atoms with Crippen LogP contribution < -0.4 is 10.6 Å². The molecule has 0 aliphatic heterocycles. The molecule has 21 heavy (non-hydrogen) atoms. The summed E-state index contributed by atoms with van der Waals surface area (Å²) in [6.45, 7) is 2.62. The zero-order valence-electron chi connectivity index (χ0n) is 12.6. The van der Waals surface area contributed by atoms with E-state index in [9.17, 15) is 14.4 Å². The second-order valence-electron chi connectivity index (χ2n) is 5.87. The van der Waals surface area contributed by atoms with Crippen LogP contribution in [0.5, 0.6) is 0 Å². The van der Waals surface area contributed by atoms with Crippen molar-refractivity contribution in [3.8, 4) is 0 Å². The summed E-state index contributed by atoms with van der Waals surface area (Å²) in [5.41, 5.74) is 0.0661. The van der Waals surface area contributed by atoms with E-state index >= 15 is 0 Å². The Morgan fingerprint density at radius 2 is 1.86 bits per heavy atom. The van der Waals surface area contributed by atoms with E-state index in [1.807, 2.05) is 0 Å². The van der Waals surface area contributed by atoms with Gasteiger partial charge in [-0.3, -0.25) is 4.79 Å². The minimum atomic E-state index is -1.28.